The molecule has 0 bridgehead atoms. The molecule has 1 fully saturated rings. The minimum absolute atomic E-state index is 0.538. The first-order chi connectivity index (χ1) is 5.27. The molecular formula is C10H21N. The Morgan fingerprint density at radius 3 is 2.18 bits per heavy atom. The molecule has 0 spiro atoms. The van der Waals surface area contributed by atoms with Crippen LogP contribution in [0.2, 0.25) is 0 Å². The molecule has 11 heavy (non-hydrogen) atoms. The predicted octanol–water partition coefficient (Wildman–Crippen LogP) is 2.55. The zero-order valence-electron chi connectivity index (χ0n) is 7.84. The lowest BCUT2D eigenvalue weighted by Gasteiger charge is -2.35. The van der Waals surface area contributed by atoms with Crippen LogP contribution in [0.15, 0.2) is 0 Å². The number of nitrogens with two attached hydrogens (primary N) is 1. The van der Waals surface area contributed by atoms with Crippen molar-refractivity contribution in [1.82, 2.24) is 0 Å². The van der Waals surface area contributed by atoms with Crippen molar-refractivity contribution in [1.29, 1.82) is 0 Å². The highest BCUT2D eigenvalue weighted by Gasteiger charge is 2.28. The fourth-order valence-electron chi connectivity index (χ4n) is 1.94. The highest BCUT2D eigenvalue weighted by Crippen LogP contribution is 2.33. The third kappa shape index (κ3) is 2.19. The van der Waals surface area contributed by atoms with E-state index in [-0.39, 0.29) is 0 Å². The maximum absolute atomic E-state index is 5.88. The van der Waals surface area contributed by atoms with Crippen LogP contribution in [-0.2, 0) is 0 Å². The minimum Gasteiger partial charge on any atom is -0.327 e. The Morgan fingerprint density at radius 1 is 1.27 bits per heavy atom. The van der Waals surface area contributed by atoms with Crippen molar-refractivity contribution < 1.29 is 0 Å². The summed E-state index contributed by atoms with van der Waals surface area (Å²) in [5.41, 5.74) is 5.88. The monoisotopic (exact) mass is 155 g/mol. The van der Waals surface area contributed by atoms with Gasteiger partial charge in [0.05, 0.1) is 0 Å². The highest BCUT2D eigenvalue weighted by atomic mass is 14.7. The second-order valence-corrected chi connectivity index (χ2v) is 3.92. The molecule has 1 saturated carbocycles. The molecule has 0 radical (unpaired) electrons. The summed E-state index contributed by atoms with van der Waals surface area (Å²) in [6.07, 6.45) is 6.70. The standard InChI is InChI=1S/C10H21N/c1-3-8(4-2)7-9-5-6-10(9)11/h8-10H,3-7,11H2,1-2H3. The first-order valence-corrected chi connectivity index (χ1v) is 5.03. The quantitative estimate of drug-likeness (QED) is 0.663. The summed E-state index contributed by atoms with van der Waals surface area (Å²) < 4.78 is 0. The summed E-state index contributed by atoms with van der Waals surface area (Å²) in [5.74, 6) is 1.80. The lowest BCUT2D eigenvalue weighted by molar-refractivity contribution is 0.201. The number of hydrogen-bond donors (Lipinski definition) is 1. The van der Waals surface area contributed by atoms with Gasteiger partial charge < -0.3 is 5.73 Å². The Hall–Kier alpha value is -0.0400. The van der Waals surface area contributed by atoms with Crippen molar-refractivity contribution in [3.05, 3.63) is 0 Å². The minimum atomic E-state index is 0.538. The molecule has 1 nitrogen and oxygen atoms in total. The Balaban J connectivity index is 2.17. The van der Waals surface area contributed by atoms with Gasteiger partial charge in [-0.1, -0.05) is 26.7 Å². The van der Waals surface area contributed by atoms with Crippen LogP contribution in [0.5, 0.6) is 0 Å². The molecule has 0 aliphatic heterocycles. The first kappa shape index (κ1) is 9.05. The normalized spacial score (nSPS) is 30.5. The second kappa shape index (κ2) is 4.10. The van der Waals surface area contributed by atoms with Gasteiger partial charge in [-0.25, -0.2) is 0 Å². The van der Waals surface area contributed by atoms with E-state index in [1.807, 2.05) is 0 Å². The Labute approximate surface area is 70.4 Å². The third-order valence-electron chi connectivity index (χ3n) is 3.27. The predicted molar refractivity (Wildman–Crippen MR) is 49.4 cm³/mol. The molecule has 1 aliphatic rings. The Morgan fingerprint density at radius 2 is 1.91 bits per heavy atom. The maximum Gasteiger partial charge on any atom is 0.00673 e. The SMILES string of the molecule is CCC(CC)CC1CCC1N. The zero-order valence-corrected chi connectivity index (χ0v) is 7.84. The fraction of sp³-hybridized carbons (Fsp3) is 1.00. The van der Waals surface area contributed by atoms with Crippen LogP contribution >= 0.6 is 0 Å². The van der Waals surface area contributed by atoms with Crippen molar-refractivity contribution in [2.24, 2.45) is 17.6 Å². The van der Waals surface area contributed by atoms with Gasteiger partial charge in [-0.05, 0) is 31.1 Å². The summed E-state index contributed by atoms with van der Waals surface area (Å²) in [6, 6.07) is 0.538. The molecule has 2 atom stereocenters. The summed E-state index contributed by atoms with van der Waals surface area (Å²) in [4.78, 5) is 0. The van der Waals surface area contributed by atoms with E-state index < -0.39 is 0 Å². The van der Waals surface area contributed by atoms with E-state index in [1.54, 1.807) is 0 Å². The van der Waals surface area contributed by atoms with Gasteiger partial charge >= 0.3 is 0 Å². The van der Waals surface area contributed by atoms with Gasteiger partial charge in [-0.3, -0.25) is 0 Å². The van der Waals surface area contributed by atoms with Crippen molar-refractivity contribution >= 4 is 0 Å². The largest absolute Gasteiger partial charge is 0.327 e. The summed E-state index contributed by atoms with van der Waals surface area (Å²) >= 11 is 0. The molecular weight excluding hydrogens is 134 g/mol. The van der Waals surface area contributed by atoms with Gasteiger partial charge in [0.1, 0.15) is 0 Å². The van der Waals surface area contributed by atoms with Crippen LogP contribution in [-0.4, -0.2) is 6.04 Å². The lowest BCUT2D eigenvalue weighted by Crippen LogP contribution is -2.40. The average Bonchev–Trinajstić information content (AvgIpc) is 2.04. The van der Waals surface area contributed by atoms with E-state index in [9.17, 15) is 0 Å². The van der Waals surface area contributed by atoms with Crippen LogP contribution in [0.3, 0.4) is 0 Å². The van der Waals surface area contributed by atoms with Gasteiger partial charge in [-0.2, -0.15) is 0 Å². The molecule has 1 rings (SSSR count). The van der Waals surface area contributed by atoms with E-state index in [0.29, 0.717) is 6.04 Å². The highest BCUT2D eigenvalue weighted by molar-refractivity contribution is 4.84. The third-order valence-corrected chi connectivity index (χ3v) is 3.27. The molecule has 2 unspecified atom stereocenters. The van der Waals surface area contributed by atoms with E-state index in [1.165, 1.54) is 32.1 Å². The van der Waals surface area contributed by atoms with Gasteiger partial charge in [0, 0.05) is 6.04 Å². The van der Waals surface area contributed by atoms with Crippen molar-refractivity contribution in [3.63, 3.8) is 0 Å². The van der Waals surface area contributed by atoms with E-state index in [2.05, 4.69) is 13.8 Å². The maximum atomic E-state index is 5.88. The van der Waals surface area contributed by atoms with Crippen molar-refractivity contribution in [2.75, 3.05) is 0 Å². The van der Waals surface area contributed by atoms with Crippen molar-refractivity contribution in [3.8, 4) is 0 Å². The molecule has 2 N–H and O–H groups in total. The van der Waals surface area contributed by atoms with E-state index >= 15 is 0 Å². The average molecular weight is 155 g/mol. The lowest BCUT2D eigenvalue weighted by atomic mass is 9.74. The van der Waals surface area contributed by atoms with Crippen molar-refractivity contribution in [2.45, 2.75) is 52.0 Å². The summed E-state index contributed by atoms with van der Waals surface area (Å²) in [5, 5.41) is 0. The van der Waals surface area contributed by atoms with E-state index in [0.717, 1.165) is 11.8 Å². The molecule has 0 saturated heterocycles. The molecule has 0 amide bonds. The van der Waals surface area contributed by atoms with Crippen LogP contribution < -0.4 is 5.73 Å². The number of hydrogen-bond acceptors (Lipinski definition) is 1. The first-order valence-electron chi connectivity index (χ1n) is 5.03. The zero-order chi connectivity index (χ0) is 8.27. The molecule has 0 aromatic rings. The Kier molecular flexibility index (Phi) is 3.38. The van der Waals surface area contributed by atoms with Crippen LogP contribution in [0.1, 0.15) is 46.0 Å². The smallest absolute Gasteiger partial charge is 0.00673 e. The molecule has 0 aromatic carbocycles. The Bertz CT molecular complexity index is 105. The van der Waals surface area contributed by atoms with Gasteiger partial charge in [-0.15, -0.1) is 0 Å². The van der Waals surface area contributed by atoms with Crippen LogP contribution in [0.4, 0.5) is 0 Å². The van der Waals surface area contributed by atoms with Gasteiger partial charge in [0.2, 0.25) is 0 Å². The molecule has 0 aromatic heterocycles. The summed E-state index contributed by atoms with van der Waals surface area (Å²) in [7, 11) is 0. The van der Waals surface area contributed by atoms with E-state index in [4.69, 9.17) is 5.73 Å². The molecule has 1 heteroatoms. The molecule has 66 valence electrons. The van der Waals surface area contributed by atoms with Gasteiger partial charge in [0.15, 0.2) is 0 Å². The topological polar surface area (TPSA) is 26.0 Å². The fourth-order valence-corrected chi connectivity index (χ4v) is 1.94. The number of rotatable bonds is 4. The molecule has 0 heterocycles. The second-order valence-electron chi connectivity index (χ2n) is 3.92. The summed E-state index contributed by atoms with van der Waals surface area (Å²) in [6.45, 7) is 4.58. The van der Waals surface area contributed by atoms with Gasteiger partial charge in [0.25, 0.3) is 0 Å². The van der Waals surface area contributed by atoms with Crippen LogP contribution in [0.25, 0.3) is 0 Å². The van der Waals surface area contributed by atoms with Crippen LogP contribution in [0, 0.1) is 11.8 Å². The molecule has 1 aliphatic carbocycles.